The van der Waals surface area contributed by atoms with Crippen molar-refractivity contribution in [1.29, 1.82) is 0 Å². The molecule has 0 saturated heterocycles. The molecule has 0 saturated carbocycles. The Balaban J connectivity index is 4.61. The topological polar surface area (TPSA) is 12.4 Å². The largest absolute Gasteiger partial charge is 0.272 e. The molecule has 0 aromatic rings. The third kappa shape index (κ3) is 3.38. The zero-order chi connectivity index (χ0) is 8.85. The third-order valence-corrected chi connectivity index (χ3v) is 1.82. The first-order valence-electron chi connectivity index (χ1n) is 3.61. The molecule has 0 aliphatic heterocycles. The van der Waals surface area contributed by atoms with Crippen molar-refractivity contribution in [3.8, 4) is 0 Å². The van der Waals surface area contributed by atoms with Gasteiger partial charge in [-0.1, -0.05) is 31.5 Å². The molecule has 0 fully saturated rings. The molecule has 0 aliphatic rings. The Kier molecular flexibility index (Phi) is 4.88. The molecule has 0 bridgehead atoms. The molecule has 0 N–H and O–H groups in total. The summed E-state index contributed by atoms with van der Waals surface area (Å²) in [6, 6.07) is 0. The van der Waals surface area contributed by atoms with Crippen molar-refractivity contribution in [1.82, 2.24) is 0 Å². The Morgan fingerprint density at radius 2 is 2.09 bits per heavy atom. The average Bonchev–Trinajstić information content (AvgIpc) is 1.98. The number of hydrogen-bond acceptors (Lipinski definition) is 1. The van der Waals surface area contributed by atoms with Crippen LogP contribution in [-0.4, -0.2) is 6.72 Å². The van der Waals surface area contributed by atoms with E-state index in [4.69, 9.17) is 11.6 Å². The number of allylic oxidation sites excluding steroid dienone is 3. The van der Waals surface area contributed by atoms with Crippen LogP contribution in [0.4, 0.5) is 0 Å². The second-order valence-electron chi connectivity index (χ2n) is 2.56. The lowest BCUT2D eigenvalue weighted by Gasteiger charge is -2.07. The summed E-state index contributed by atoms with van der Waals surface area (Å²) >= 11 is 5.91. The highest BCUT2D eigenvalue weighted by Crippen LogP contribution is 2.22. The van der Waals surface area contributed by atoms with Crippen LogP contribution in [0.5, 0.6) is 0 Å². The zero-order valence-corrected chi connectivity index (χ0v) is 8.02. The Morgan fingerprint density at radius 3 is 2.36 bits per heavy atom. The summed E-state index contributed by atoms with van der Waals surface area (Å²) in [5.74, 6) is 0.393. The van der Waals surface area contributed by atoms with Crippen LogP contribution in [0.1, 0.15) is 20.8 Å². The summed E-state index contributed by atoms with van der Waals surface area (Å²) in [6.07, 6.45) is 3.56. The normalized spacial score (nSPS) is 13.9. The first-order valence-corrected chi connectivity index (χ1v) is 3.99. The van der Waals surface area contributed by atoms with E-state index in [2.05, 4.69) is 25.6 Å². The second kappa shape index (κ2) is 5.14. The fourth-order valence-corrected chi connectivity index (χ4v) is 1.02. The molecule has 2 heteroatoms. The van der Waals surface area contributed by atoms with Crippen LogP contribution in [0.25, 0.3) is 0 Å². The van der Waals surface area contributed by atoms with E-state index in [9.17, 15) is 0 Å². The molecule has 0 aromatic heterocycles. The van der Waals surface area contributed by atoms with Crippen LogP contribution in [0, 0.1) is 5.92 Å². The highest BCUT2D eigenvalue weighted by atomic mass is 35.5. The number of hydrogen-bond donors (Lipinski definition) is 0. The van der Waals surface area contributed by atoms with E-state index in [-0.39, 0.29) is 0 Å². The van der Waals surface area contributed by atoms with Gasteiger partial charge in [-0.2, -0.15) is 0 Å². The van der Waals surface area contributed by atoms with Crippen LogP contribution >= 0.6 is 11.6 Å². The summed E-state index contributed by atoms with van der Waals surface area (Å²) in [7, 11) is 0. The van der Waals surface area contributed by atoms with E-state index in [0.29, 0.717) is 5.92 Å². The molecule has 1 nitrogen and oxygen atoms in total. The van der Waals surface area contributed by atoms with E-state index in [1.54, 1.807) is 6.20 Å². The molecule has 0 aliphatic carbocycles. The van der Waals surface area contributed by atoms with E-state index < -0.39 is 0 Å². The van der Waals surface area contributed by atoms with Crippen molar-refractivity contribution in [3.05, 3.63) is 22.9 Å². The predicted molar refractivity (Wildman–Crippen MR) is 52.1 cm³/mol. The summed E-state index contributed by atoms with van der Waals surface area (Å²) in [5, 5.41) is 0.757. The molecule has 0 amide bonds. The van der Waals surface area contributed by atoms with Gasteiger partial charge >= 0.3 is 0 Å². The SMILES string of the molecule is C=N/C=C(\C(Cl)=C/C)C(C)C. The maximum Gasteiger partial charge on any atom is 0.0413 e. The average molecular weight is 172 g/mol. The van der Waals surface area contributed by atoms with Crippen LogP contribution in [0.3, 0.4) is 0 Å². The number of halogens is 1. The smallest absolute Gasteiger partial charge is 0.0413 e. The quantitative estimate of drug-likeness (QED) is 0.456. The lowest BCUT2D eigenvalue weighted by molar-refractivity contribution is 0.784. The molecular weight excluding hydrogens is 158 g/mol. The van der Waals surface area contributed by atoms with Crippen LogP contribution in [0.15, 0.2) is 27.9 Å². The lowest BCUT2D eigenvalue weighted by atomic mass is 10.0. The maximum absolute atomic E-state index is 5.91. The molecular formula is C9H14ClN. The Labute approximate surface area is 73.5 Å². The highest BCUT2D eigenvalue weighted by Gasteiger charge is 2.05. The molecule has 0 radical (unpaired) electrons. The van der Waals surface area contributed by atoms with Crippen molar-refractivity contribution in [3.63, 3.8) is 0 Å². The molecule has 0 unspecified atom stereocenters. The van der Waals surface area contributed by atoms with Gasteiger partial charge in [0.2, 0.25) is 0 Å². The van der Waals surface area contributed by atoms with E-state index in [1.807, 2.05) is 13.0 Å². The first kappa shape index (κ1) is 10.4. The van der Waals surface area contributed by atoms with Gasteiger partial charge in [0.25, 0.3) is 0 Å². The fraction of sp³-hybridized carbons (Fsp3) is 0.444. The van der Waals surface area contributed by atoms with E-state index in [1.165, 1.54) is 0 Å². The van der Waals surface area contributed by atoms with Gasteiger partial charge in [0, 0.05) is 11.2 Å². The molecule has 62 valence electrons. The van der Waals surface area contributed by atoms with Crippen molar-refractivity contribution in [2.45, 2.75) is 20.8 Å². The first-order chi connectivity index (χ1) is 5.13. The summed E-state index contributed by atoms with van der Waals surface area (Å²) < 4.78 is 0. The highest BCUT2D eigenvalue weighted by molar-refractivity contribution is 6.31. The van der Waals surface area contributed by atoms with Gasteiger partial charge in [-0.15, -0.1) is 0 Å². The van der Waals surface area contributed by atoms with Gasteiger partial charge in [-0.3, -0.25) is 4.99 Å². The van der Waals surface area contributed by atoms with E-state index >= 15 is 0 Å². The molecule has 0 heterocycles. The molecule has 0 aromatic carbocycles. The molecule has 11 heavy (non-hydrogen) atoms. The minimum Gasteiger partial charge on any atom is -0.272 e. The van der Waals surface area contributed by atoms with E-state index in [0.717, 1.165) is 10.6 Å². The second-order valence-corrected chi connectivity index (χ2v) is 2.97. The lowest BCUT2D eigenvalue weighted by Crippen LogP contribution is -1.93. The van der Waals surface area contributed by atoms with Gasteiger partial charge < -0.3 is 0 Å². The summed E-state index contributed by atoms with van der Waals surface area (Å²) in [6.45, 7) is 9.44. The Hall–Kier alpha value is -0.560. The van der Waals surface area contributed by atoms with Crippen molar-refractivity contribution >= 4 is 18.3 Å². The van der Waals surface area contributed by atoms with Gasteiger partial charge in [0.1, 0.15) is 0 Å². The zero-order valence-electron chi connectivity index (χ0n) is 7.26. The Morgan fingerprint density at radius 1 is 1.55 bits per heavy atom. The van der Waals surface area contributed by atoms with Crippen LogP contribution in [-0.2, 0) is 0 Å². The van der Waals surface area contributed by atoms with Gasteiger partial charge in [-0.25, -0.2) is 0 Å². The van der Waals surface area contributed by atoms with Crippen molar-refractivity contribution in [2.24, 2.45) is 10.9 Å². The Bertz CT molecular complexity index is 190. The predicted octanol–water partition coefficient (Wildman–Crippen LogP) is 3.37. The number of aliphatic imine (C=N–C) groups is 1. The molecule has 0 spiro atoms. The van der Waals surface area contributed by atoms with Crippen molar-refractivity contribution < 1.29 is 0 Å². The molecule has 0 rings (SSSR count). The molecule has 0 atom stereocenters. The van der Waals surface area contributed by atoms with Crippen molar-refractivity contribution in [2.75, 3.05) is 0 Å². The standard InChI is InChI=1S/C9H14ClN/c1-5-9(10)8(6-11-4)7(2)3/h5-7H,4H2,1-3H3/b8-6-,9-5+. The minimum absolute atomic E-state index is 0.393. The maximum atomic E-state index is 5.91. The minimum atomic E-state index is 0.393. The number of rotatable bonds is 3. The fourth-order valence-electron chi connectivity index (χ4n) is 0.752. The summed E-state index contributed by atoms with van der Waals surface area (Å²) in [4.78, 5) is 3.69. The van der Waals surface area contributed by atoms with Gasteiger partial charge in [0.05, 0.1) is 0 Å². The van der Waals surface area contributed by atoms with Gasteiger partial charge in [-0.05, 0) is 25.1 Å². The van der Waals surface area contributed by atoms with Crippen LogP contribution < -0.4 is 0 Å². The third-order valence-electron chi connectivity index (χ3n) is 1.38. The van der Waals surface area contributed by atoms with Gasteiger partial charge in [0.15, 0.2) is 0 Å². The number of nitrogens with zero attached hydrogens (tertiary/aromatic N) is 1. The van der Waals surface area contributed by atoms with Crippen LogP contribution in [0.2, 0.25) is 0 Å². The summed E-state index contributed by atoms with van der Waals surface area (Å²) in [5.41, 5.74) is 1.03. The monoisotopic (exact) mass is 171 g/mol.